The van der Waals surface area contributed by atoms with Gasteiger partial charge in [0.2, 0.25) is 5.91 Å². The predicted octanol–water partition coefficient (Wildman–Crippen LogP) is 2.74. The number of rotatable bonds is 3. The Balaban J connectivity index is 2.29. The Kier molecular flexibility index (Phi) is 3.80. The molecule has 1 aliphatic rings. The van der Waals surface area contributed by atoms with Crippen LogP contribution in [0.3, 0.4) is 0 Å². The van der Waals surface area contributed by atoms with Crippen molar-refractivity contribution >= 4 is 29.2 Å². The zero-order valence-electron chi connectivity index (χ0n) is 10.9. The summed E-state index contributed by atoms with van der Waals surface area (Å²) in [7, 11) is 0. The Morgan fingerprint density at radius 3 is 2.79 bits per heavy atom. The maximum atomic E-state index is 11.6. The smallest absolute Gasteiger partial charge is 0.305 e. The second kappa shape index (κ2) is 5.21. The first kappa shape index (κ1) is 13.9. The zero-order chi connectivity index (χ0) is 14.2. The number of benzene rings is 1. The van der Waals surface area contributed by atoms with Crippen molar-refractivity contribution in [3.8, 4) is 0 Å². The number of halogens is 1. The van der Waals surface area contributed by atoms with E-state index < -0.39 is 11.3 Å². The monoisotopic (exact) mass is 281 g/mol. The lowest BCUT2D eigenvalue weighted by Gasteiger charge is -2.20. The van der Waals surface area contributed by atoms with E-state index in [0.29, 0.717) is 0 Å². The molecule has 1 aromatic rings. The number of nitrogens with zero attached hydrogens (tertiary/aromatic N) is 1. The maximum Gasteiger partial charge on any atom is 0.305 e. The molecular formula is C14H16ClNO3. The van der Waals surface area contributed by atoms with Crippen LogP contribution in [0.2, 0.25) is 0 Å². The highest BCUT2D eigenvalue weighted by Crippen LogP contribution is 2.35. The molecule has 2 rings (SSSR count). The van der Waals surface area contributed by atoms with Crippen LogP contribution in [0.1, 0.15) is 36.8 Å². The molecule has 4 nitrogen and oxygen atoms in total. The molecule has 1 N–H and O–H groups in total. The van der Waals surface area contributed by atoms with Gasteiger partial charge in [-0.2, -0.15) is 0 Å². The molecule has 1 amide bonds. The minimum atomic E-state index is -0.917. The highest BCUT2D eigenvalue weighted by molar-refractivity contribution is 6.21. The fourth-order valence-electron chi connectivity index (χ4n) is 2.60. The van der Waals surface area contributed by atoms with Crippen LogP contribution >= 0.6 is 11.6 Å². The molecule has 2 atom stereocenters. The van der Waals surface area contributed by atoms with Crippen molar-refractivity contribution in [2.45, 2.75) is 38.1 Å². The molecule has 1 aromatic carbocycles. The van der Waals surface area contributed by atoms with Crippen LogP contribution in [0.25, 0.3) is 0 Å². The molecule has 1 aliphatic heterocycles. The minimum absolute atomic E-state index is 0.0203. The second-order valence-corrected chi connectivity index (χ2v) is 5.42. The molecule has 2 unspecified atom stereocenters. The summed E-state index contributed by atoms with van der Waals surface area (Å²) in [5.74, 6) is -0.897. The molecular weight excluding hydrogens is 266 g/mol. The number of amides is 1. The average Bonchev–Trinajstić information content (AvgIpc) is 2.62. The largest absolute Gasteiger partial charge is 0.481 e. The van der Waals surface area contributed by atoms with E-state index in [1.807, 2.05) is 19.1 Å². The van der Waals surface area contributed by atoms with Crippen molar-refractivity contribution in [2.24, 2.45) is 0 Å². The molecule has 19 heavy (non-hydrogen) atoms. The van der Waals surface area contributed by atoms with Crippen LogP contribution in [0.15, 0.2) is 18.2 Å². The van der Waals surface area contributed by atoms with Crippen molar-refractivity contribution in [3.63, 3.8) is 0 Å². The first-order valence-electron chi connectivity index (χ1n) is 6.18. The van der Waals surface area contributed by atoms with Crippen LogP contribution in [0.5, 0.6) is 0 Å². The Morgan fingerprint density at radius 1 is 1.53 bits per heavy atom. The number of aliphatic carboxylic acids is 1. The lowest BCUT2D eigenvalue weighted by atomic mass is 10.0. The number of hydrogen-bond acceptors (Lipinski definition) is 2. The van der Waals surface area contributed by atoms with Gasteiger partial charge in [-0.1, -0.05) is 12.1 Å². The third kappa shape index (κ3) is 2.73. The summed E-state index contributed by atoms with van der Waals surface area (Å²) in [5, 5.41) is 8.22. The highest BCUT2D eigenvalue weighted by atomic mass is 35.5. The summed E-state index contributed by atoms with van der Waals surface area (Å²) in [5.41, 5.74) is 2.75. The fraction of sp³-hybridized carbons (Fsp3) is 0.429. The summed E-state index contributed by atoms with van der Waals surface area (Å²) in [4.78, 5) is 24.0. The Morgan fingerprint density at radius 2 is 2.21 bits per heavy atom. The topological polar surface area (TPSA) is 57.6 Å². The van der Waals surface area contributed by atoms with E-state index >= 15 is 0 Å². The van der Waals surface area contributed by atoms with Crippen molar-refractivity contribution in [1.29, 1.82) is 0 Å². The van der Waals surface area contributed by atoms with Crippen molar-refractivity contribution in [1.82, 2.24) is 0 Å². The number of carbonyl (C=O) groups is 2. The van der Waals surface area contributed by atoms with Gasteiger partial charge in [0.15, 0.2) is 0 Å². The van der Waals surface area contributed by atoms with Gasteiger partial charge in [-0.05, 0) is 30.5 Å². The standard InChI is InChI=1S/C14H16ClNO3/c1-8-5-11-6-10(12(15)7-14(18)19)3-4-13(11)16(8)9(2)17/h3-4,6,8,12H,5,7H2,1-2H3,(H,18,19). The van der Waals surface area contributed by atoms with E-state index in [4.69, 9.17) is 16.7 Å². The summed E-state index contributed by atoms with van der Waals surface area (Å²) in [6, 6.07) is 5.70. The second-order valence-electron chi connectivity index (χ2n) is 4.90. The molecule has 0 aliphatic carbocycles. The summed E-state index contributed by atoms with van der Waals surface area (Å²) in [6.07, 6.45) is 0.672. The Bertz CT molecular complexity index is 529. The molecule has 5 heteroatoms. The third-order valence-corrected chi connectivity index (χ3v) is 3.78. The Labute approximate surface area is 117 Å². The predicted molar refractivity (Wildman–Crippen MR) is 73.6 cm³/mol. The van der Waals surface area contributed by atoms with Gasteiger partial charge in [-0.15, -0.1) is 11.6 Å². The summed E-state index contributed by atoms with van der Waals surface area (Å²) >= 11 is 6.08. The van der Waals surface area contributed by atoms with E-state index in [9.17, 15) is 9.59 Å². The lowest BCUT2D eigenvalue weighted by Crippen LogP contribution is -2.33. The average molecular weight is 282 g/mol. The van der Waals surface area contributed by atoms with E-state index in [0.717, 1.165) is 23.2 Å². The quantitative estimate of drug-likeness (QED) is 0.867. The van der Waals surface area contributed by atoms with Crippen molar-refractivity contribution in [3.05, 3.63) is 29.3 Å². The molecule has 1 heterocycles. The van der Waals surface area contributed by atoms with Gasteiger partial charge in [-0.3, -0.25) is 9.59 Å². The number of carboxylic acids is 1. The van der Waals surface area contributed by atoms with Gasteiger partial charge in [0.25, 0.3) is 0 Å². The van der Waals surface area contributed by atoms with E-state index in [-0.39, 0.29) is 18.4 Å². The molecule has 102 valence electrons. The maximum absolute atomic E-state index is 11.6. The molecule has 0 saturated heterocycles. The van der Waals surface area contributed by atoms with Gasteiger partial charge in [0.05, 0.1) is 11.8 Å². The number of carboxylic acid groups (broad SMARTS) is 1. The van der Waals surface area contributed by atoms with E-state index in [1.165, 1.54) is 0 Å². The first-order valence-corrected chi connectivity index (χ1v) is 6.62. The molecule has 0 fully saturated rings. The van der Waals surface area contributed by atoms with Crippen molar-refractivity contribution in [2.75, 3.05) is 4.90 Å². The zero-order valence-corrected chi connectivity index (χ0v) is 11.6. The normalized spacial score (nSPS) is 19.1. The summed E-state index contributed by atoms with van der Waals surface area (Å²) < 4.78 is 0. The van der Waals surface area contributed by atoms with Crippen LogP contribution in [0, 0.1) is 0 Å². The van der Waals surface area contributed by atoms with Crippen LogP contribution in [0.4, 0.5) is 5.69 Å². The van der Waals surface area contributed by atoms with Crippen LogP contribution < -0.4 is 4.90 Å². The first-order chi connectivity index (χ1) is 8.90. The van der Waals surface area contributed by atoms with Gasteiger partial charge in [0, 0.05) is 18.7 Å². The van der Waals surface area contributed by atoms with Gasteiger partial charge in [0.1, 0.15) is 0 Å². The third-order valence-electron chi connectivity index (χ3n) is 3.37. The highest BCUT2D eigenvalue weighted by Gasteiger charge is 2.29. The minimum Gasteiger partial charge on any atom is -0.481 e. The van der Waals surface area contributed by atoms with Gasteiger partial charge < -0.3 is 10.0 Å². The van der Waals surface area contributed by atoms with Crippen molar-refractivity contribution < 1.29 is 14.7 Å². The number of hydrogen-bond donors (Lipinski definition) is 1. The molecule has 0 saturated carbocycles. The van der Waals surface area contributed by atoms with E-state index in [1.54, 1.807) is 17.9 Å². The number of fused-ring (bicyclic) bond motifs is 1. The Hall–Kier alpha value is -1.55. The van der Waals surface area contributed by atoms with Crippen LogP contribution in [-0.4, -0.2) is 23.0 Å². The molecule has 0 bridgehead atoms. The molecule has 0 aromatic heterocycles. The van der Waals surface area contributed by atoms with Gasteiger partial charge in [-0.25, -0.2) is 0 Å². The number of anilines is 1. The fourth-order valence-corrected chi connectivity index (χ4v) is 2.86. The van der Waals surface area contributed by atoms with Crippen LogP contribution in [-0.2, 0) is 16.0 Å². The molecule has 0 spiro atoms. The lowest BCUT2D eigenvalue weighted by molar-refractivity contribution is -0.137. The number of alkyl halides is 1. The molecule has 0 radical (unpaired) electrons. The van der Waals surface area contributed by atoms with Gasteiger partial charge >= 0.3 is 5.97 Å². The summed E-state index contributed by atoms with van der Waals surface area (Å²) in [6.45, 7) is 3.55. The number of carbonyl (C=O) groups excluding carboxylic acids is 1. The van der Waals surface area contributed by atoms with E-state index in [2.05, 4.69) is 0 Å². The SMILES string of the molecule is CC(=O)N1c2ccc(C(Cl)CC(=O)O)cc2CC1C.